The van der Waals surface area contributed by atoms with Crippen LogP contribution in [0.15, 0.2) is 18.2 Å². The van der Waals surface area contributed by atoms with Crippen molar-refractivity contribution in [3.63, 3.8) is 0 Å². The van der Waals surface area contributed by atoms with Gasteiger partial charge in [0, 0.05) is 5.56 Å². The molecule has 0 spiro atoms. The first-order chi connectivity index (χ1) is 13.0. The summed E-state index contributed by atoms with van der Waals surface area (Å²) in [5.74, 6) is -0.501. The first-order valence-electron chi connectivity index (χ1n) is 8.90. The summed E-state index contributed by atoms with van der Waals surface area (Å²) >= 11 is 0. The molecule has 8 nitrogen and oxygen atoms in total. The Labute approximate surface area is 157 Å². The Morgan fingerprint density at radius 3 is 2.70 bits per heavy atom. The van der Waals surface area contributed by atoms with Gasteiger partial charge in [-0.05, 0) is 43.9 Å². The second kappa shape index (κ2) is 8.08. The minimum atomic E-state index is -0.959. The van der Waals surface area contributed by atoms with Crippen LogP contribution in [0.3, 0.4) is 0 Å². The van der Waals surface area contributed by atoms with E-state index < -0.39 is 23.8 Å². The molecule has 3 amide bonds. The lowest BCUT2D eigenvalue weighted by Gasteiger charge is -2.17. The van der Waals surface area contributed by atoms with Crippen molar-refractivity contribution in [2.24, 2.45) is 0 Å². The normalized spacial score (nSPS) is 19.9. The van der Waals surface area contributed by atoms with E-state index in [1.807, 2.05) is 0 Å². The van der Waals surface area contributed by atoms with Gasteiger partial charge in [0.25, 0.3) is 11.8 Å². The summed E-state index contributed by atoms with van der Waals surface area (Å²) in [5.41, 5.74) is 0.308. The van der Waals surface area contributed by atoms with Crippen molar-refractivity contribution in [3.8, 4) is 17.6 Å². The Balaban J connectivity index is 1.72. The third-order valence-corrected chi connectivity index (χ3v) is 4.80. The van der Waals surface area contributed by atoms with E-state index in [0.717, 1.165) is 30.6 Å². The molecule has 3 rings (SSSR count). The Morgan fingerprint density at radius 2 is 2.04 bits per heavy atom. The van der Waals surface area contributed by atoms with Crippen molar-refractivity contribution >= 4 is 17.7 Å². The number of methoxy groups -OCH3 is 1. The molecule has 1 N–H and O–H groups in total. The average Bonchev–Trinajstić information content (AvgIpc) is 3.26. The third kappa shape index (κ3) is 4.03. The quantitative estimate of drug-likeness (QED) is 0.598. The van der Waals surface area contributed by atoms with Crippen molar-refractivity contribution < 1.29 is 23.9 Å². The Hall–Kier alpha value is -3.08. The zero-order valence-electron chi connectivity index (χ0n) is 15.1. The number of imide groups is 1. The smallest absolute Gasteiger partial charge is 0.253 e. The molecule has 2 fully saturated rings. The van der Waals surface area contributed by atoms with Gasteiger partial charge in [-0.15, -0.1) is 0 Å². The standard InChI is InChI=1S/C19H21N3O5/c1-26-15-7-6-12(10-16(15)27-13-4-2-3-5-13)18(24)21-14-11-17(23)22(9-8-20)19(14)25/h6-7,10,13-14H,2-5,9,11H2,1H3,(H,21,24). The van der Waals surface area contributed by atoms with Crippen molar-refractivity contribution in [2.75, 3.05) is 13.7 Å². The number of benzene rings is 1. The molecule has 8 heteroatoms. The molecular weight excluding hydrogens is 350 g/mol. The first kappa shape index (κ1) is 18.7. The van der Waals surface area contributed by atoms with Crippen LogP contribution in [0.4, 0.5) is 0 Å². The predicted molar refractivity (Wildman–Crippen MR) is 94.1 cm³/mol. The largest absolute Gasteiger partial charge is 0.493 e. The molecule has 1 heterocycles. The van der Waals surface area contributed by atoms with Crippen molar-refractivity contribution in [3.05, 3.63) is 23.8 Å². The minimum absolute atomic E-state index is 0.103. The third-order valence-electron chi connectivity index (χ3n) is 4.80. The molecule has 1 saturated carbocycles. The van der Waals surface area contributed by atoms with E-state index in [1.165, 1.54) is 7.11 Å². The van der Waals surface area contributed by atoms with Gasteiger partial charge >= 0.3 is 0 Å². The van der Waals surface area contributed by atoms with Gasteiger partial charge in [-0.3, -0.25) is 19.3 Å². The molecule has 142 valence electrons. The van der Waals surface area contributed by atoms with Gasteiger partial charge in [-0.2, -0.15) is 5.26 Å². The van der Waals surface area contributed by atoms with Crippen LogP contribution in [0.25, 0.3) is 0 Å². The van der Waals surface area contributed by atoms with Crippen LogP contribution in [-0.2, 0) is 9.59 Å². The molecular formula is C19H21N3O5. The van der Waals surface area contributed by atoms with Gasteiger partial charge < -0.3 is 14.8 Å². The van der Waals surface area contributed by atoms with E-state index in [9.17, 15) is 14.4 Å². The zero-order chi connectivity index (χ0) is 19.4. The molecule has 1 atom stereocenters. The number of nitriles is 1. The highest BCUT2D eigenvalue weighted by Crippen LogP contribution is 2.32. The van der Waals surface area contributed by atoms with Crippen LogP contribution in [0.1, 0.15) is 42.5 Å². The second-order valence-electron chi connectivity index (χ2n) is 6.60. The summed E-state index contributed by atoms with van der Waals surface area (Å²) in [4.78, 5) is 37.4. The minimum Gasteiger partial charge on any atom is -0.493 e. The van der Waals surface area contributed by atoms with E-state index in [1.54, 1.807) is 24.3 Å². The number of likely N-dealkylation sites (tertiary alicyclic amines) is 1. The predicted octanol–water partition coefficient (Wildman–Crippen LogP) is 1.40. The van der Waals surface area contributed by atoms with Gasteiger partial charge in [-0.1, -0.05) is 0 Å². The number of ether oxygens (including phenoxy) is 2. The number of nitrogens with zero attached hydrogens (tertiary/aromatic N) is 2. The van der Waals surface area contributed by atoms with Crippen molar-refractivity contribution in [1.82, 2.24) is 10.2 Å². The number of nitrogens with one attached hydrogen (secondary N) is 1. The van der Waals surface area contributed by atoms with Crippen LogP contribution in [-0.4, -0.2) is 48.4 Å². The maximum Gasteiger partial charge on any atom is 0.253 e. The molecule has 0 bridgehead atoms. The van der Waals surface area contributed by atoms with Gasteiger partial charge in [0.05, 0.1) is 25.7 Å². The molecule has 1 unspecified atom stereocenters. The molecule has 1 aliphatic carbocycles. The van der Waals surface area contributed by atoms with E-state index in [4.69, 9.17) is 14.7 Å². The Morgan fingerprint density at radius 1 is 1.30 bits per heavy atom. The maximum absolute atomic E-state index is 12.6. The molecule has 1 aliphatic heterocycles. The lowest BCUT2D eigenvalue weighted by atomic mass is 10.1. The van der Waals surface area contributed by atoms with Gasteiger partial charge in [0.15, 0.2) is 11.5 Å². The monoisotopic (exact) mass is 371 g/mol. The molecule has 2 aliphatic rings. The number of amides is 3. The van der Waals surface area contributed by atoms with Gasteiger partial charge in [-0.25, -0.2) is 0 Å². The number of carbonyl (C=O) groups is 3. The highest BCUT2D eigenvalue weighted by Gasteiger charge is 2.39. The van der Waals surface area contributed by atoms with Crippen LogP contribution < -0.4 is 14.8 Å². The average molecular weight is 371 g/mol. The van der Waals surface area contributed by atoms with Crippen molar-refractivity contribution in [2.45, 2.75) is 44.2 Å². The van der Waals surface area contributed by atoms with Crippen LogP contribution >= 0.6 is 0 Å². The van der Waals surface area contributed by atoms with E-state index in [2.05, 4.69) is 5.32 Å². The molecule has 1 aromatic carbocycles. The molecule has 1 aromatic rings. The molecule has 27 heavy (non-hydrogen) atoms. The summed E-state index contributed by atoms with van der Waals surface area (Å²) < 4.78 is 11.3. The van der Waals surface area contributed by atoms with E-state index >= 15 is 0 Å². The number of hydrogen-bond donors (Lipinski definition) is 1. The lowest BCUT2D eigenvalue weighted by Crippen LogP contribution is -2.41. The Kier molecular flexibility index (Phi) is 5.60. The maximum atomic E-state index is 12.6. The molecule has 0 aromatic heterocycles. The first-order valence-corrected chi connectivity index (χ1v) is 8.90. The van der Waals surface area contributed by atoms with Gasteiger partial charge in [0.2, 0.25) is 5.91 Å². The van der Waals surface area contributed by atoms with Crippen molar-refractivity contribution in [1.29, 1.82) is 5.26 Å². The summed E-state index contributed by atoms with van der Waals surface area (Å²) in [7, 11) is 1.53. The lowest BCUT2D eigenvalue weighted by molar-refractivity contribution is -0.138. The fourth-order valence-corrected chi connectivity index (χ4v) is 3.37. The van der Waals surface area contributed by atoms with Crippen LogP contribution in [0, 0.1) is 11.3 Å². The SMILES string of the molecule is COc1ccc(C(=O)NC2CC(=O)N(CC#N)C2=O)cc1OC1CCCC1. The topological polar surface area (TPSA) is 109 Å². The number of hydrogen-bond acceptors (Lipinski definition) is 6. The fraction of sp³-hybridized carbons (Fsp3) is 0.474. The summed E-state index contributed by atoms with van der Waals surface area (Å²) in [6.07, 6.45) is 4.12. The second-order valence-corrected chi connectivity index (χ2v) is 6.60. The van der Waals surface area contributed by atoms with E-state index in [0.29, 0.717) is 17.1 Å². The van der Waals surface area contributed by atoms with Crippen LogP contribution in [0.5, 0.6) is 11.5 Å². The number of rotatable bonds is 6. The summed E-state index contributed by atoms with van der Waals surface area (Å²) in [5, 5.41) is 11.3. The molecule has 0 radical (unpaired) electrons. The highest BCUT2D eigenvalue weighted by molar-refractivity contribution is 6.08. The fourth-order valence-electron chi connectivity index (χ4n) is 3.37. The zero-order valence-corrected chi connectivity index (χ0v) is 15.1. The highest BCUT2D eigenvalue weighted by atomic mass is 16.5. The van der Waals surface area contributed by atoms with Crippen LogP contribution in [0.2, 0.25) is 0 Å². The van der Waals surface area contributed by atoms with E-state index in [-0.39, 0.29) is 19.1 Å². The molecule has 1 saturated heterocycles. The summed E-state index contributed by atoms with van der Waals surface area (Å²) in [6.45, 7) is -0.314. The Bertz CT molecular complexity index is 795. The number of carbonyl (C=O) groups excluding carboxylic acids is 3. The van der Waals surface area contributed by atoms with Gasteiger partial charge in [0.1, 0.15) is 12.6 Å². The summed E-state index contributed by atoms with van der Waals surface area (Å²) in [6, 6.07) is 5.61.